The van der Waals surface area contributed by atoms with E-state index in [0.717, 1.165) is 32.7 Å². The van der Waals surface area contributed by atoms with Gasteiger partial charge in [0.1, 0.15) is 5.69 Å². The van der Waals surface area contributed by atoms with Crippen LogP contribution in [0.2, 0.25) is 0 Å². The lowest BCUT2D eigenvalue weighted by Crippen LogP contribution is -2.46. The first-order valence-corrected chi connectivity index (χ1v) is 8.77. The van der Waals surface area contributed by atoms with Crippen molar-refractivity contribution in [2.45, 2.75) is 26.4 Å². The molecule has 1 N–H and O–H groups in total. The lowest BCUT2D eigenvalue weighted by atomic mass is 10.2. The minimum atomic E-state index is -0.152. The summed E-state index contributed by atoms with van der Waals surface area (Å²) in [5, 5.41) is 2.87. The third kappa shape index (κ3) is 4.76. The summed E-state index contributed by atoms with van der Waals surface area (Å²) in [6, 6.07) is 12.3. The fourth-order valence-corrected chi connectivity index (χ4v) is 2.91. The van der Waals surface area contributed by atoms with Crippen molar-refractivity contribution in [3.8, 4) is 0 Å². The van der Waals surface area contributed by atoms with Crippen LogP contribution >= 0.6 is 0 Å². The number of hydrogen-bond donors (Lipinski definition) is 1. The van der Waals surface area contributed by atoms with Gasteiger partial charge in [-0.2, -0.15) is 0 Å². The Hall–Kier alpha value is -2.47. The molecule has 1 aromatic heterocycles. The van der Waals surface area contributed by atoms with Gasteiger partial charge in [-0.1, -0.05) is 30.3 Å². The van der Waals surface area contributed by atoms with E-state index in [4.69, 9.17) is 0 Å². The molecule has 0 spiro atoms. The Morgan fingerprint density at radius 3 is 2.52 bits per heavy atom. The van der Waals surface area contributed by atoms with Crippen molar-refractivity contribution in [1.29, 1.82) is 0 Å². The highest BCUT2D eigenvalue weighted by molar-refractivity contribution is 5.92. The van der Waals surface area contributed by atoms with Crippen molar-refractivity contribution >= 4 is 11.9 Å². The number of anilines is 1. The predicted octanol–water partition coefficient (Wildman–Crippen LogP) is 1.94. The molecule has 1 amide bonds. The van der Waals surface area contributed by atoms with Crippen LogP contribution in [0.15, 0.2) is 42.6 Å². The SMILES string of the molecule is CC(C)NC(=O)c1ccnc(N2CCN(Cc3ccccc3)CC2)n1. The number of benzene rings is 1. The highest BCUT2D eigenvalue weighted by atomic mass is 16.1. The van der Waals surface area contributed by atoms with E-state index in [-0.39, 0.29) is 11.9 Å². The molecular weight excluding hydrogens is 314 g/mol. The first-order chi connectivity index (χ1) is 12.1. The Balaban J connectivity index is 1.58. The molecule has 6 heteroatoms. The van der Waals surface area contributed by atoms with Crippen LogP contribution in [0.1, 0.15) is 29.9 Å². The van der Waals surface area contributed by atoms with Crippen LogP contribution in [-0.4, -0.2) is 53.0 Å². The minimum Gasteiger partial charge on any atom is -0.349 e. The highest BCUT2D eigenvalue weighted by Crippen LogP contribution is 2.13. The van der Waals surface area contributed by atoms with Gasteiger partial charge in [0.2, 0.25) is 5.95 Å². The van der Waals surface area contributed by atoms with Crippen molar-refractivity contribution in [3.63, 3.8) is 0 Å². The summed E-state index contributed by atoms with van der Waals surface area (Å²) in [6.07, 6.45) is 1.66. The monoisotopic (exact) mass is 339 g/mol. The molecule has 0 saturated carbocycles. The fourth-order valence-electron chi connectivity index (χ4n) is 2.91. The molecule has 132 valence electrons. The number of piperazine rings is 1. The van der Waals surface area contributed by atoms with E-state index in [9.17, 15) is 4.79 Å². The first kappa shape index (κ1) is 17.4. The van der Waals surface area contributed by atoms with Crippen molar-refractivity contribution in [3.05, 3.63) is 53.9 Å². The molecule has 25 heavy (non-hydrogen) atoms. The third-order valence-electron chi connectivity index (χ3n) is 4.20. The van der Waals surface area contributed by atoms with E-state index in [1.54, 1.807) is 12.3 Å². The summed E-state index contributed by atoms with van der Waals surface area (Å²) in [5.41, 5.74) is 1.75. The molecule has 0 radical (unpaired) electrons. The van der Waals surface area contributed by atoms with Gasteiger partial charge in [0.25, 0.3) is 5.91 Å². The largest absolute Gasteiger partial charge is 0.349 e. The van der Waals surface area contributed by atoms with Gasteiger partial charge >= 0.3 is 0 Å². The molecule has 1 aromatic carbocycles. The molecule has 1 fully saturated rings. The van der Waals surface area contributed by atoms with Gasteiger partial charge in [-0.05, 0) is 25.5 Å². The number of nitrogens with zero attached hydrogens (tertiary/aromatic N) is 4. The molecule has 2 heterocycles. The number of hydrogen-bond acceptors (Lipinski definition) is 5. The lowest BCUT2D eigenvalue weighted by molar-refractivity contribution is 0.0938. The molecular formula is C19H25N5O. The van der Waals surface area contributed by atoms with E-state index >= 15 is 0 Å². The maximum Gasteiger partial charge on any atom is 0.270 e. The van der Waals surface area contributed by atoms with Gasteiger partial charge in [0.15, 0.2) is 0 Å². The molecule has 1 aliphatic rings. The predicted molar refractivity (Wildman–Crippen MR) is 98.6 cm³/mol. The van der Waals surface area contributed by atoms with Crippen LogP contribution in [0.4, 0.5) is 5.95 Å². The van der Waals surface area contributed by atoms with Crippen LogP contribution in [-0.2, 0) is 6.54 Å². The highest BCUT2D eigenvalue weighted by Gasteiger charge is 2.20. The summed E-state index contributed by atoms with van der Waals surface area (Å²) < 4.78 is 0. The quantitative estimate of drug-likeness (QED) is 0.902. The summed E-state index contributed by atoms with van der Waals surface area (Å²) in [6.45, 7) is 8.48. The Morgan fingerprint density at radius 1 is 1.12 bits per heavy atom. The average Bonchev–Trinajstić information content (AvgIpc) is 2.63. The minimum absolute atomic E-state index is 0.0902. The Bertz CT molecular complexity index is 696. The standard InChI is InChI=1S/C19H25N5O/c1-15(2)21-18(25)17-8-9-20-19(22-17)24-12-10-23(11-13-24)14-16-6-4-3-5-7-16/h3-9,15H,10-14H2,1-2H3,(H,21,25). The van der Waals surface area contributed by atoms with Crippen molar-refractivity contribution in [2.24, 2.45) is 0 Å². The summed E-state index contributed by atoms with van der Waals surface area (Å²) in [4.78, 5) is 25.5. The van der Waals surface area contributed by atoms with Crippen LogP contribution in [0, 0.1) is 0 Å². The Labute approximate surface area is 148 Å². The maximum atomic E-state index is 12.1. The van der Waals surface area contributed by atoms with Crippen molar-refractivity contribution in [1.82, 2.24) is 20.2 Å². The molecule has 1 saturated heterocycles. The van der Waals surface area contributed by atoms with Crippen LogP contribution in [0.25, 0.3) is 0 Å². The number of carbonyl (C=O) groups is 1. The first-order valence-electron chi connectivity index (χ1n) is 8.77. The third-order valence-corrected chi connectivity index (χ3v) is 4.20. The van der Waals surface area contributed by atoms with E-state index in [0.29, 0.717) is 11.6 Å². The summed E-state index contributed by atoms with van der Waals surface area (Å²) in [5.74, 6) is 0.483. The van der Waals surface area contributed by atoms with Gasteiger partial charge in [-0.3, -0.25) is 9.69 Å². The zero-order valence-corrected chi connectivity index (χ0v) is 14.9. The van der Waals surface area contributed by atoms with Gasteiger partial charge < -0.3 is 10.2 Å². The fraction of sp³-hybridized carbons (Fsp3) is 0.421. The van der Waals surface area contributed by atoms with Crippen LogP contribution < -0.4 is 10.2 Å². The zero-order valence-electron chi connectivity index (χ0n) is 14.9. The second-order valence-corrected chi connectivity index (χ2v) is 6.62. The Morgan fingerprint density at radius 2 is 1.84 bits per heavy atom. The van der Waals surface area contributed by atoms with Gasteiger partial charge in [-0.15, -0.1) is 0 Å². The maximum absolute atomic E-state index is 12.1. The molecule has 0 unspecified atom stereocenters. The van der Waals surface area contributed by atoms with E-state index < -0.39 is 0 Å². The number of nitrogens with one attached hydrogen (secondary N) is 1. The van der Waals surface area contributed by atoms with Gasteiger partial charge in [0, 0.05) is 45.0 Å². The van der Waals surface area contributed by atoms with Gasteiger partial charge in [0.05, 0.1) is 0 Å². The van der Waals surface area contributed by atoms with Crippen molar-refractivity contribution in [2.75, 3.05) is 31.1 Å². The molecule has 3 rings (SSSR count). The summed E-state index contributed by atoms with van der Waals surface area (Å²) >= 11 is 0. The topological polar surface area (TPSA) is 61.4 Å². The Kier molecular flexibility index (Phi) is 5.60. The van der Waals surface area contributed by atoms with Crippen molar-refractivity contribution < 1.29 is 4.79 Å². The molecule has 0 bridgehead atoms. The van der Waals surface area contributed by atoms with Gasteiger partial charge in [-0.25, -0.2) is 9.97 Å². The van der Waals surface area contributed by atoms with E-state index in [2.05, 4.69) is 49.4 Å². The molecule has 0 aliphatic carbocycles. The molecule has 2 aromatic rings. The smallest absolute Gasteiger partial charge is 0.270 e. The number of carbonyl (C=O) groups excluding carboxylic acids is 1. The molecule has 0 atom stereocenters. The normalized spacial score (nSPS) is 15.4. The van der Waals surface area contributed by atoms with Crippen LogP contribution in [0.3, 0.4) is 0 Å². The van der Waals surface area contributed by atoms with E-state index in [1.807, 2.05) is 19.9 Å². The molecule has 1 aliphatic heterocycles. The number of amides is 1. The second kappa shape index (κ2) is 8.07. The summed E-state index contributed by atoms with van der Waals surface area (Å²) in [7, 11) is 0. The second-order valence-electron chi connectivity index (χ2n) is 6.62. The average molecular weight is 339 g/mol. The lowest BCUT2D eigenvalue weighted by Gasteiger charge is -2.34. The zero-order chi connectivity index (χ0) is 17.6. The number of rotatable bonds is 5. The number of aromatic nitrogens is 2. The van der Waals surface area contributed by atoms with Crippen LogP contribution in [0.5, 0.6) is 0 Å². The van der Waals surface area contributed by atoms with E-state index in [1.165, 1.54) is 5.56 Å². The molecule has 6 nitrogen and oxygen atoms in total.